The summed E-state index contributed by atoms with van der Waals surface area (Å²) in [5.41, 5.74) is 7.84. The molecule has 1 aliphatic heterocycles. The van der Waals surface area contributed by atoms with E-state index in [-0.39, 0.29) is 29.1 Å². The molecule has 4 rings (SSSR count). The topological polar surface area (TPSA) is 98.1 Å². The third-order valence-corrected chi connectivity index (χ3v) is 7.30. The molecule has 0 fully saturated rings. The van der Waals surface area contributed by atoms with Gasteiger partial charge in [0, 0.05) is 8.95 Å². The maximum Gasteiger partial charge on any atom is 0.338 e. The number of benzene rings is 2. The van der Waals surface area contributed by atoms with Crippen LogP contribution in [0.5, 0.6) is 0 Å². The number of fused-ring (bicyclic) bond motifs is 1. The zero-order chi connectivity index (χ0) is 23.7. The van der Waals surface area contributed by atoms with Gasteiger partial charge >= 0.3 is 5.97 Å². The number of hydrogen-bond donors (Lipinski definition) is 1. The average molecular weight is 587 g/mol. The van der Waals surface area contributed by atoms with Gasteiger partial charge in [-0.3, -0.25) is 9.36 Å². The summed E-state index contributed by atoms with van der Waals surface area (Å²) in [7, 11) is 0. The van der Waals surface area contributed by atoms with E-state index in [0.29, 0.717) is 14.8 Å². The third-order valence-electron chi connectivity index (χ3n) is 5.14. The van der Waals surface area contributed by atoms with Crippen molar-refractivity contribution < 1.29 is 9.53 Å². The minimum absolute atomic E-state index is 0.0187. The second-order valence-electron chi connectivity index (χ2n) is 7.14. The van der Waals surface area contributed by atoms with E-state index < -0.39 is 11.9 Å². The lowest BCUT2D eigenvalue weighted by Crippen LogP contribution is -2.40. The zero-order valence-corrected chi connectivity index (χ0v) is 21.3. The maximum absolute atomic E-state index is 13.3. The van der Waals surface area contributed by atoms with Gasteiger partial charge in [-0.15, -0.1) is 11.3 Å². The second kappa shape index (κ2) is 9.51. The zero-order valence-electron chi connectivity index (χ0n) is 17.3. The van der Waals surface area contributed by atoms with Crippen LogP contribution >= 0.6 is 43.2 Å². The number of aromatic nitrogens is 1. The summed E-state index contributed by atoms with van der Waals surface area (Å²) < 4.78 is 9.12. The van der Waals surface area contributed by atoms with E-state index in [1.807, 2.05) is 48.5 Å². The molecular formula is C24H17Br2N3O3S. The molecule has 0 aliphatic carbocycles. The van der Waals surface area contributed by atoms with E-state index >= 15 is 0 Å². The predicted octanol–water partition coefficient (Wildman–Crippen LogP) is 3.43. The molecule has 0 saturated heterocycles. The minimum atomic E-state index is -0.749. The lowest BCUT2D eigenvalue weighted by atomic mass is 9.84. The Morgan fingerprint density at radius 1 is 1.18 bits per heavy atom. The summed E-state index contributed by atoms with van der Waals surface area (Å²) in [5.74, 6) is -1.32. The van der Waals surface area contributed by atoms with Crippen LogP contribution in [0.4, 0.5) is 0 Å². The molecule has 33 heavy (non-hydrogen) atoms. The molecule has 0 bridgehead atoms. The number of esters is 1. The Morgan fingerprint density at radius 2 is 1.79 bits per heavy atom. The number of rotatable bonds is 4. The van der Waals surface area contributed by atoms with Crippen LogP contribution in [0.15, 0.2) is 67.8 Å². The van der Waals surface area contributed by atoms with Crippen molar-refractivity contribution in [2.75, 3.05) is 6.61 Å². The fourth-order valence-electron chi connectivity index (χ4n) is 3.65. The first kappa shape index (κ1) is 23.2. The average Bonchev–Trinajstić information content (AvgIpc) is 3.11. The predicted molar refractivity (Wildman–Crippen MR) is 135 cm³/mol. The van der Waals surface area contributed by atoms with Crippen molar-refractivity contribution in [1.82, 2.24) is 4.57 Å². The van der Waals surface area contributed by atoms with Crippen LogP contribution in [-0.4, -0.2) is 17.1 Å². The highest BCUT2D eigenvalue weighted by molar-refractivity contribution is 9.10. The molecule has 1 aromatic heterocycles. The normalized spacial score (nSPS) is 15.9. The van der Waals surface area contributed by atoms with E-state index in [0.717, 1.165) is 25.8 Å². The van der Waals surface area contributed by atoms with Crippen LogP contribution in [0.2, 0.25) is 0 Å². The third kappa shape index (κ3) is 4.34. The highest BCUT2D eigenvalue weighted by Gasteiger charge is 2.36. The molecule has 1 atom stereocenters. The summed E-state index contributed by atoms with van der Waals surface area (Å²) in [6.07, 6.45) is 1.74. The summed E-state index contributed by atoms with van der Waals surface area (Å²) in [4.78, 5) is 26.4. The monoisotopic (exact) mass is 585 g/mol. The van der Waals surface area contributed by atoms with Crippen molar-refractivity contribution in [1.29, 1.82) is 5.26 Å². The SMILES string of the molecule is CCOC(=O)C1=c2s/c(=C\c3ccc(Br)cc3)c(=O)n2C(N)=C(C#N)C1c1ccc(Br)cc1. The Hall–Kier alpha value is -2.93. The van der Waals surface area contributed by atoms with E-state index in [9.17, 15) is 14.9 Å². The molecular weight excluding hydrogens is 570 g/mol. The Morgan fingerprint density at radius 3 is 2.36 bits per heavy atom. The number of nitrogens with zero attached hydrogens (tertiary/aromatic N) is 2. The Kier molecular flexibility index (Phi) is 6.70. The van der Waals surface area contributed by atoms with Crippen molar-refractivity contribution in [3.63, 3.8) is 0 Å². The van der Waals surface area contributed by atoms with E-state index in [1.54, 1.807) is 13.0 Å². The molecule has 0 saturated carbocycles. The molecule has 0 radical (unpaired) electrons. The van der Waals surface area contributed by atoms with Gasteiger partial charge in [-0.2, -0.15) is 5.26 Å². The first-order valence-corrected chi connectivity index (χ1v) is 12.3. The van der Waals surface area contributed by atoms with Crippen LogP contribution in [0.1, 0.15) is 24.0 Å². The fraction of sp³-hybridized carbons (Fsp3) is 0.125. The molecule has 166 valence electrons. The van der Waals surface area contributed by atoms with Crippen LogP contribution in [-0.2, 0) is 9.53 Å². The van der Waals surface area contributed by atoms with Crippen molar-refractivity contribution >= 4 is 66.6 Å². The standard InChI is InChI=1S/C24H17Br2N3O3S/c1-2-32-24(31)20-19(14-5-9-16(26)10-6-14)17(12-27)21(28)29-22(30)18(33-23(20)29)11-13-3-7-15(25)8-4-13/h3-11,19H,2,28H2,1H3/b18-11-. The van der Waals surface area contributed by atoms with Gasteiger partial charge in [-0.1, -0.05) is 56.1 Å². The highest BCUT2D eigenvalue weighted by atomic mass is 79.9. The number of thiazole rings is 1. The van der Waals surface area contributed by atoms with Crippen LogP contribution in [0.3, 0.4) is 0 Å². The van der Waals surface area contributed by atoms with Crippen LogP contribution in [0.25, 0.3) is 17.5 Å². The number of hydrogen-bond acceptors (Lipinski definition) is 6. The summed E-state index contributed by atoms with van der Waals surface area (Å²) >= 11 is 7.96. The smallest absolute Gasteiger partial charge is 0.338 e. The number of carbonyl (C=O) groups excluding carboxylic acids is 1. The Bertz CT molecular complexity index is 1490. The van der Waals surface area contributed by atoms with Crippen molar-refractivity contribution in [2.24, 2.45) is 5.73 Å². The van der Waals surface area contributed by atoms with Crippen molar-refractivity contribution in [3.05, 3.63) is 93.7 Å². The number of carbonyl (C=O) groups is 1. The van der Waals surface area contributed by atoms with Gasteiger partial charge in [0.1, 0.15) is 10.5 Å². The first-order valence-electron chi connectivity index (χ1n) is 9.91. The number of allylic oxidation sites excluding steroid dienone is 1. The van der Waals surface area contributed by atoms with Gasteiger partial charge in [0.2, 0.25) is 0 Å². The Balaban J connectivity index is 2.08. The van der Waals surface area contributed by atoms with Gasteiger partial charge in [-0.05, 0) is 48.4 Å². The second-order valence-corrected chi connectivity index (χ2v) is 10.00. The van der Waals surface area contributed by atoms with E-state index in [1.165, 1.54) is 4.57 Å². The van der Waals surface area contributed by atoms with Crippen LogP contribution in [0, 0.1) is 11.3 Å². The molecule has 1 unspecified atom stereocenters. The fourth-order valence-corrected chi connectivity index (χ4v) is 5.35. The van der Waals surface area contributed by atoms with Crippen molar-refractivity contribution in [3.8, 4) is 6.07 Å². The summed E-state index contributed by atoms with van der Waals surface area (Å²) in [6, 6.07) is 16.9. The molecule has 2 N–H and O–H groups in total. The first-order chi connectivity index (χ1) is 15.8. The van der Waals surface area contributed by atoms with E-state index in [2.05, 4.69) is 37.9 Å². The largest absolute Gasteiger partial charge is 0.463 e. The lowest BCUT2D eigenvalue weighted by molar-refractivity contribution is -0.136. The number of ether oxygens (including phenoxy) is 1. The van der Waals surface area contributed by atoms with Crippen molar-refractivity contribution in [2.45, 2.75) is 12.8 Å². The molecule has 2 heterocycles. The molecule has 3 aromatic rings. The molecule has 6 nitrogen and oxygen atoms in total. The van der Waals surface area contributed by atoms with Gasteiger partial charge in [0.05, 0.1) is 34.3 Å². The molecule has 0 amide bonds. The molecule has 9 heteroatoms. The maximum atomic E-state index is 13.3. The number of nitrogens with two attached hydrogens (primary N) is 1. The molecule has 2 aromatic carbocycles. The summed E-state index contributed by atoms with van der Waals surface area (Å²) in [6.45, 7) is 1.86. The quantitative estimate of drug-likeness (QED) is 0.472. The lowest BCUT2D eigenvalue weighted by Gasteiger charge is -2.24. The summed E-state index contributed by atoms with van der Waals surface area (Å²) in [5, 5.41) is 9.97. The number of halogens is 2. The van der Waals surface area contributed by atoms with Gasteiger partial charge in [0.25, 0.3) is 5.56 Å². The highest BCUT2D eigenvalue weighted by Crippen LogP contribution is 2.37. The molecule has 1 aliphatic rings. The van der Waals surface area contributed by atoms with Gasteiger partial charge in [-0.25, -0.2) is 4.79 Å². The van der Waals surface area contributed by atoms with Gasteiger partial charge in [0.15, 0.2) is 0 Å². The molecule has 0 spiro atoms. The Labute approximate surface area is 210 Å². The minimum Gasteiger partial charge on any atom is -0.463 e. The van der Waals surface area contributed by atoms with Crippen LogP contribution < -0.4 is 20.5 Å². The number of nitriles is 1. The van der Waals surface area contributed by atoms with E-state index in [4.69, 9.17) is 10.5 Å². The van der Waals surface area contributed by atoms with Gasteiger partial charge < -0.3 is 10.5 Å².